The molecule has 1 unspecified atom stereocenters. The van der Waals surface area contributed by atoms with Crippen LogP contribution in [0.3, 0.4) is 0 Å². The van der Waals surface area contributed by atoms with Gasteiger partial charge in [-0.15, -0.1) is 0 Å². The van der Waals surface area contributed by atoms with E-state index in [0.29, 0.717) is 36.3 Å². The van der Waals surface area contributed by atoms with Gasteiger partial charge in [-0.25, -0.2) is 9.18 Å². The molecule has 0 saturated carbocycles. The van der Waals surface area contributed by atoms with Crippen LogP contribution in [0, 0.1) is 24.1 Å². The molecule has 2 aromatic carbocycles. The zero-order valence-electron chi connectivity index (χ0n) is 17.5. The van der Waals surface area contributed by atoms with E-state index in [1.807, 2.05) is 13.0 Å². The number of rotatable bonds is 4. The third kappa shape index (κ3) is 3.36. The Morgan fingerprint density at radius 2 is 2.19 bits per heavy atom. The molecule has 0 aliphatic carbocycles. The number of hydrogen-bond donors (Lipinski definition) is 2. The summed E-state index contributed by atoms with van der Waals surface area (Å²) in [6, 6.07) is 9.87. The van der Waals surface area contributed by atoms with Crippen molar-refractivity contribution in [2.45, 2.75) is 32.6 Å². The van der Waals surface area contributed by atoms with Gasteiger partial charge in [-0.05, 0) is 42.7 Å². The van der Waals surface area contributed by atoms with Crippen molar-refractivity contribution in [3.8, 4) is 17.3 Å². The molecule has 2 N–H and O–H groups in total. The fourth-order valence-electron chi connectivity index (χ4n) is 4.59. The molecule has 5 rings (SSSR count). The molecule has 1 atom stereocenters. The second kappa shape index (κ2) is 7.86. The smallest absolute Gasteiger partial charge is 0.338 e. The summed E-state index contributed by atoms with van der Waals surface area (Å²) in [4.78, 5) is 13.9. The molecule has 3 aromatic rings. The number of nitriles is 1. The molecule has 7 nitrogen and oxygen atoms in total. The number of halogens is 1. The van der Waals surface area contributed by atoms with E-state index < -0.39 is 11.9 Å². The molecule has 0 saturated heterocycles. The molecule has 2 aliphatic rings. The standard InChI is InChI=1S/C24H21FN4O3/c1-13-16(4-5-17-19(13)12-32-24(17)31)22(30)11-29-7-6-18-21(10-29)27-28-23(18)14-2-3-15(9-26)20(25)8-14/h2-5,8,22,30H,6-7,10-12H2,1H3,(H,27,28). The Kier molecular flexibility index (Phi) is 5.00. The summed E-state index contributed by atoms with van der Waals surface area (Å²) in [5.41, 5.74) is 6.43. The van der Waals surface area contributed by atoms with Crippen LogP contribution in [0.4, 0.5) is 4.39 Å². The summed E-state index contributed by atoms with van der Waals surface area (Å²) < 4.78 is 19.2. The van der Waals surface area contributed by atoms with Crippen molar-refractivity contribution in [2.24, 2.45) is 0 Å². The van der Waals surface area contributed by atoms with Crippen molar-refractivity contribution in [3.05, 3.63) is 75.2 Å². The van der Waals surface area contributed by atoms with Gasteiger partial charge in [0, 0.05) is 36.3 Å². The Bertz CT molecular complexity index is 1280. The number of aromatic nitrogens is 2. The largest absolute Gasteiger partial charge is 0.457 e. The number of fused-ring (bicyclic) bond motifs is 2. The zero-order chi connectivity index (χ0) is 22.4. The highest BCUT2D eigenvalue weighted by Gasteiger charge is 2.28. The number of esters is 1. The van der Waals surface area contributed by atoms with Gasteiger partial charge in [0.1, 0.15) is 18.5 Å². The van der Waals surface area contributed by atoms with Crippen LogP contribution in [-0.2, 0) is 24.3 Å². The van der Waals surface area contributed by atoms with Crippen molar-refractivity contribution in [1.29, 1.82) is 5.26 Å². The second-order valence-corrected chi connectivity index (χ2v) is 8.22. The molecule has 162 valence electrons. The molecule has 0 radical (unpaired) electrons. The molecule has 2 aliphatic heterocycles. The maximum Gasteiger partial charge on any atom is 0.338 e. The SMILES string of the molecule is Cc1c(C(O)CN2CCc3c(-c4ccc(C#N)c(F)c4)n[nH]c3C2)ccc2c1COC2=O. The summed E-state index contributed by atoms with van der Waals surface area (Å²) in [5, 5.41) is 27.3. The molecule has 0 amide bonds. The van der Waals surface area contributed by atoms with Crippen LogP contribution in [0.5, 0.6) is 0 Å². The Labute approximate surface area is 184 Å². The van der Waals surface area contributed by atoms with Gasteiger partial charge < -0.3 is 9.84 Å². The van der Waals surface area contributed by atoms with Gasteiger partial charge in [0.05, 0.1) is 28.6 Å². The van der Waals surface area contributed by atoms with Crippen molar-refractivity contribution < 1.29 is 19.0 Å². The topological polar surface area (TPSA) is 102 Å². The lowest BCUT2D eigenvalue weighted by molar-refractivity contribution is 0.0535. The number of H-pyrrole nitrogens is 1. The molecule has 8 heteroatoms. The van der Waals surface area contributed by atoms with E-state index >= 15 is 0 Å². The first-order valence-corrected chi connectivity index (χ1v) is 10.4. The number of ether oxygens (including phenoxy) is 1. The lowest BCUT2D eigenvalue weighted by Crippen LogP contribution is -2.34. The van der Waals surface area contributed by atoms with E-state index in [4.69, 9.17) is 10.00 Å². The van der Waals surface area contributed by atoms with E-state index in [1.165, 1.54) is 12.1 Å². The van der Waals surface area contributed by atoms with Crippen molar-refractivity contribution >= 4 is 5.97 Å². The second-order valence-electron chi connectivity index (χ2n) is 8.22. The number of carbonyl (C=O) groups excluding carboxylic acids is 1. The van der Waals surface area contributed by atoms with Crippen LogP contribution in [-0.4, -0.2) is 39.3 Å². The Balaban J connectivity index is 1.32. The minimum absolute atomic E-state index is 0.0103. The number of aromatic amines is 1. The molecule has 3 heterocycles. The number of β-amino-alcohol motifs (C(OH)–C–C–N with tert-alkyl or cyclic N) is 1. The molecular formula is C24H21FN4O3. The number of aliphatic hydroxyl groups is 1. The van der Waals surface area contributed by atoms with Crippen molar-refractivity contribution in [3.63, 3.8) is 0 Å². The molecular weight excluding hydrogens is 411 g/mol. The number of carbonyl (C=O) groups is 1. The third-order valence-electron chi connectivity index (χ3n) is 6.37. The van der Waals surface area contributed by atoms with Crippen molar-refractivity contribution in [1.82, 2.24) is 15.1 Å². The number of benzene rings is 2. The predicted octanol–water partition coefficient (Wildman–Crippen LogP) is 3.16. The Morgan fingerprint density at radius 1 is 1.34 bits per heavy atom. The highest BCUT2D eigenvalue weighted by atomic mass is 19.1. The average molecular weight is 432 g/mol. The molecule has 1 aromatic heterocycles. The van der Waals surface area contributed by atoms with Crippen LogP contribution in [0.1, 0.15) is 50.0 Å². The monoisotopic (exact) mass is 432 g/mol. The van der Waals surface area contributed by atoms with E-state index in [1.54, 1.807) is 18.2 Å². The van der Waals surface area contributed by atoms with Gasteiger partial charge in [-0.1, -0.05) is 12.1 Å². The zero-order valence-corrected chi connectivity index (χ0v) is 17.5. The minimum atomic E-state index is -0.701. The fourth-order valence-corrected chi connectivity index (χ4v) is 4.59. The Hall–Kier alpha value is -3.54. The van der Waals surface area contributed by atoms with Gasteiger partial charge in [0.15, 0.2) is 0 Å². The highest BCUT2D eigenvalue weighted by Crippen LogP contribution is 2.32. The maximum atomic E-state index is 14.1. The van der Waals surface area contributed by atoms with E-state index in [0.717, 1.165) is 34.5 Å². The first-order chi connectivity index (χ1) is 15.5. The lowest BCUT2D eigenvalue weighted by Gasteiger charge is -2.29. The molecule has 0 fully saturated rings. The van der Waals surface area contributed by atoms with Crippen molar-refractivity contribution in [2.75, 3.05) is 13.1 Å². The number of nitrogens with zero attached hydrogens (tertiary/aromatic N) is 3. The maximum absolute atomic E-state index is 14.1. The van der Waals surface area contributed by atoms with Gasteiger partial charge in [-0.2, -0.15) is 10.4 Å². The summed E-state index contributed by atoms with van der Waals surface area (Å²) in [7, 11) is 0. The van der Waals surface area contributed by atoms with Crippen LogP contribution in [0.15, 0.2) is 30.3 Å². The summed E-state index contributed by atoms with van der Waals surface area (Å²) in [6.07, 6.45) is 0.00802. The lowest BCUT2D eigenvalue weighted by atomic mass is 9.94. The number of hydrogen-bond acceptors (Lipinski definition) is 6. The third-order valence-corrected chi connectivity index (χ3v) is 6.37. The van der Waals surface area contributed by atoms with E-state index in [9.17, 15) is 14.3 Å². The minimum Gasteiger partial charge on any atom is -0.457 e. The van der Waals surface area contributed by atoms with Crippen LogP contribution < -0.4 is 0 Å². The van der Waals surface area contributed by atoms with Gasteiger partial charge in [0.2, 0.25) is 0 Å². The van der Waals surface area contributed by atoms with Crippen LogP contribution in [0.25, 0.3) is 11.3 Å². The average Bonchev–Trinajstić information content (AvgIpc) is 3.37. The van der Waals surface area contributed by atoms with Crippen LogP contribution >= 0.6 is 0 Å². The predicted molar refractivity (Wildman–Crippen MR) is 113 cm³/mol. The summed E-state index contributed by atoms with van der Waals surface area (Å²) in [5.74, 6) is -0.871. The van der Waals surface area contributed by atoms with Gasteiger partial charge in [-0.3, -0.25) is 10.00 Å². The molecule has 0 spiro atoms. The van der Waals surface area contributed by atoms with Gasteiger partial charge in [0.25, 0.3) is 0 Å². The first-order valence-electron chi connectivity index (χ1n) is 10.4. The van der Waals surface area contributed by atoms with Gasteiger partial charge >= 0.3 is 5.97 Å². The molecule has 0 bridgehead atoms. The molecule has 32 heavy (non-hydrogen) atoms. The normalized spacial score (nSPS) is 16.2. The highest BCUT2D eigenvalue weighted by molar-refractivity contribution is 5.93. The number of nitrogens with one attached hydrogen (secondary N) is 1. The number of aliphatic hydroxyl groups excluding tert-OH is 1. The summed E-state index contributed by atoms with van der Waals surface area (Å²) in [6.45, 7) is 3.91. The Morgan fingerprint density at radius 3 is 2.97 bits per heavy atom. The quantitative estimate of drug-likeness (QED) is 0.614. The first kappa shape index (κ1) is 20.4. The fraction of sp³-hybridized carbons (Fsp3) is 0.292. The van der Waals surface area contributed by atoms with E-state index in [-0.39, 0.29) is 18.1 Å². The van der Waals surface area contributed by atoms with E-state index in [2.05, 4.69) is 15.1 Å². The van der Waals surface area contributed by atoms with Crippen LogP contribution in [0.2, 0.25) is 0 Å². The number of cyclic esters (lactones) is 1. The summed E-state index contributed by atoms with van der Waals surface area (Å²) >= 11 is 0.